The molecule has 0 saturated carbocycles. The Bertz CT molecular complexity index is 1910. The zero-order chi connectivity index (χ0) is 33.4. The molecule has 16 heteroatoms. The van der Waals surface area contributed by atoms with Crippen molar-refractivity contribution in [1.29, 1.82) is 0 Å². The van der Waals surface area contributed by atoms with Gasteiger partial charge in [0.1, 0.15) is 26.8 Å². The molecule has 13 nitrogen and oxygen atoms in total. The minimum atomic E-state index is -3.33. The molecule has 0 aliphatic carbocycles. The van der Waals surface area contributed by atoms with Crippen LogP contribution < -0.4 is 15.4 Å². The molecule has 3 N–H and O–H groups in total. The van der Waals surface area contributed by atoms with Gasteiger partial charge in [-0.25, -0.2) is 22.9 Å². The molecule has 2 aromatic heterocycles. The molecule has 2 atom stereocenters. The van der Waals surface area contributed by atoms with Crippen LogP contribution in [0.15, 0.2) is 36.7 Å². The Kier molecular flexibility index (Phi) is 9.52. The lowest BCUT2D eigenvalue weighted by Gasteiger charge is -2.26. The summed E-state index contributed by atoms with van der Waals surface area (Å²) in [6.45, 7) is 5.96. The number of carbonyl (C=O) groups excluding carboxylic acids is 2. The third kappa shape index (κ3) is 7.91. The topological polar surface area (TPSA) is 173 Å². The first-order valence-corrected chi connectivity index (χ1v) is 17.5. The van der Waals surface area contributed by atoms with E-state index in [0.717, 1.165) is 19.0 Å². The Labute approximate surface area is 276 Å². The highest BCUT2D eigenvalue weighted by molar-refractivity contribution is 7.90. The molecule has 4 aromatic rings. The molecule has 1 aliphatic heterocycles. The van der Waals surface area contributed by atoms with Crippen molar-refractivity contribution < 1.29 is 27.5 Å². The molecule has 5 rings (SSSR count). The number of nitrogens with one attached hydrogen (secondary N) is 3. The minimum absolute atomic E-state index is 0.102. The van der Waals surface area contributed by atoms with Crippen LogP contribution in [-0.4, -0.2) is 77.0 Å². The van der Waals surface area contributed by atoms with Crippen LogP contribution in [0, 0.1) is 5.21 Å². The summed E-state index contributed by atoms with van der Waals surface area (Å²) in [5, 5.41) is 19.8. The predicted molar refractivity (Wildman–Crippen MR) is 176 cm³/mol. The monoisotopic (exact) mass is 691 g/mol. The van der Waals surface area contributed by atoms with E-state index in [-0.39, 0.29) is 52.6 Å². The summed E-state index contributed by atoms with van der Waals surface area (Å²) in [5.74, 6) is 0.181. The molecule has 46 heavy (non-hydrogen) atoms. The number of amides is 2. The third-order valence-electron chi connectivity index (χ3n) is 7.50. The second kappa shape index (κ2) is 13.1. The maximum atomic E-state index is 13.7. The number of hydrogen-bond donors (Lipinski definition) is 3. The normalized spacial score (nSPS) is 16.1. The quantitative estimate of drug-likeness (QED) is 0.165. The lowest BCUT2D eigenvalue weighted by molar-refractivity contribution is -0.580. The van der Waals surface area contributed by atoms with Crippen molar-refractivity contribution >= 4 is 72.8 Å². The van der Waals surface area contributed by atoms with Crippen molar-refractivity contribution in [2.45, 2.75) is 57.7 Å². The van der Waals surface area contributed by atoms with Crippen LogP contribution in [0.5, 0.6) is 0 Å². The van der Waals surface area contributed by atoms with Crippen molar-refractivity contribution in [3.8, 4) is 0 Å². The van der Waals surface area contributed by atoms with Gasteiger partial charge in [-0.3, -0.25) is 4.79 Å². The smallest absolute Gasteiger partial charge is 0.407 e. The number of benzene rings is 2. The van der Waals surface area contributed by atoms with Crippen molar-refractivity contribution in [2.24, 2.45) is 0 Å². The van der Waals surface area contributed by atoms with Gasteiger partial charge in [-0.1, -0.05) is 23.2 Å². The maximum Gasteiger partial charge on any atom is 0.407 e. The number of H-pyrrole nitrogens is 1. The molecule has 246 valence electrons. The first-order valence-electron chi connectivity index (χ1n) is 14.7. The lowest BCUT2D eigenvalue weighted by atomic mass is 10.1. The molecule has 2 amide bonds. The molecule has 3 heterocycles. The molecular weight excluding hydrogens is 657 g/mol. The summed E-state index contributed by atoms with van der Waals surface area (Å²) in [6, 6.07) is 7.16. The van der Waals surface area contributed by atoms with Crippen LogP contribution in [0.3, 0.4) is 0 Å². The van der Waals surface area contributed by atoms with E-state index < -0.39 is 27.6 Å². The van der Waals surface area contributed by atoms with Gasteiger partial charge in [-0.2, -0.15) is 0 Å². The summed E-state index contributed by atoms with van der Waals surface area (Å²) >= 11 is 12.8. The fourth-order valence-electron chi connectivity index (χ4n) is 5.38. The standard InChI is InChI=1S/C30H35Cl2N7O6S/c1-30(2,3)45-29(41)33-15-18-6-5-10-38(18)28(40)19-14-25-20(13-21(19)32)26(34-16-39(25)42)36-23(9-11-46(4,43)44)27-35-22-8-7-17(31)12-24(22)37-27/h7-8,12-14,16,18,23H,5-6,9-11,15H2,1-4H3,(H,33,41)(H,34,36)(H,35,37)/t18-,23+/m1/s1. The van der Waals surface area contributed by atoms with Crippen molar-refractivity contribution in [3.63, 3.8) is 0 Å². The van der Waals surface area contributed by atoms with Crippen LogP contribution in [0.25, 0.3) is 21.9 Å². The molecule has 1 aliphatic rings. The number of nitrogens with zero attached hydrogens (tertiary/aromatic N) is 4. The number of hydrogen-bond acceptors (Lipinski definition) is 9. The van der Waals surface area contributed by atoms with Crippen molar-refractivity contribution in [1.82, 2.24) is 25.2 Å². The van der Waals surface area contributed by atoms with Gasteiger partial charge in [-0.05, 0) is 69.3 Å². The van der Waals surface area contributed by atoms with E-state index >= 15 is 0 Å². The van der Waals surface area contributed by atoms with Crippen LogP contribution >= 0.6 is 23.2 Å². The first-order chi connectivity index (χ1) is 21.6. The van der Waals surface area contributed by atoms with E-state index in [2.05, 4.69) is 25.6 Å². The van der Waals surface area contributed by atoms with E-state index in [9.17, 15) is 23.2 Å². The van der Waals surface area contributed by atoms with E-state index in [0.29, 0.717) is 45.0 Å². The number of aromatic nitrogens is 4. The number of imidazole rings is 1. The largest absolute Gasteiger partial charge is 0.710 e. The number of carbonyl (C=O) groups is 2. The number of fused-ring (bicyclic) bond motifs is 2. The number of anilines is 1. The molecule has 1 fully saturated rings. The number of alkyl carbamates (subject to hydrolysis) is 1. The van der Waals surface area contributed by atoms with Gasteiger partial charge in [0.2, 0.25) is 0 Å². The number of sulfone groups is 1. The average Bonchev–Trinajstić information content (AvgIpc) is 3.60. The van der Waals surface area contributed by atoms with Gasteiger partial charge in [0, 0.05) is 36.5 Å². The second-order valence-electron chi connectivity index (χ2n) is 12.3. The van der Waals surface area contributed by atoms with Crippen molar-refractivity contribution in [2.75, 3.05) is 30.4 Å². The zero-order valence-electron chi connectivity index (χ0n) is 25.8. The zero-order valence-corrected chi connectivity index (χ0v) is 28.1. The number of rotatable bonds is 9. The van der Waals surface area contributed by atoms with Gasteiger partial charge in [-0.15, -0.1) is 0 Å². The summed E-state index contributed by atoms with van der Waals surface area (Å²) < 4.78 is 30.0. The molecule has 0 unspecified atom stereocenters. The fraction of sp³-hybridized carbons (Fsp3) is 0.433. The van der Waals surface area contributed by atoms with Gasteiger partial charge in [0.25, 0.3) is 18.1 Å². The molecule has 1 saturated heterocycles. The number of halogens is 2. The molecule has 0 spiro atoms. The molecule has 0 radical (unpaired) electrons. The van der Waals surface area contributed by atoms with Crippen LogP contribution in [0.2, 0.25) is 10.0 Å². The Morgan fingerprint density at radius 1 is 1.24 bits per heavy atom. The van der Waals surface area contributed by atoms with E-state index in [1.54, 1.807) is 43.9 Å². The summed E-state index contributed by atoms with van der Waals surface area (Å²) in [6.07, 6.45) is 3.18. The number of likely N-dealkylation sites (tertiary alicyclic amines) is 1. The van der Waals surface area contributed by atoms with Gasteiger partial charge in [0.15, 0.2) is 0 Å². The molecular formula is C30H35Cl2N7O6S. The highest BCUT2D eigenvalue weighted by Gasteiger charge is 2.32. The number of aromatic amines is 1. The highest BCUT2D eigenvalue weighted by atomic mass is 35.5. The van der Waals surface area contributed by atoms with Gasteiger partial charge < -0.3 is 30.5 Å². The van der Waals surface area contributed by atoms with Gasteiger partial charge in [0.05, 0.1) is 38.8 Å². The SMILES string of the molecule is CC(C)(C)OC(=O)NC[C@H]1CCCN1C(=O)c1cc2c(cc1Cl)c(N[C@@H](CCS(C)(=O)=O)c1nc3cc(Cl)ccc3[nH]1)nc[n+]2[O-]. The number of ether oxygens (including phenoxy) is 1. The summed E-state index contributed by atoms with van der Waals surface area (Å²) in [5.41, 5.74) is 0.915. The minimum Gasteiger partial charge on any atom is -0.710 e. The Hall–Kier alpha value is -3.88. The lowest BCUT2D eigenvalue weighted by Crippen LogP contribution is -2.44. The van der Waals surface area contributed by atoms with Gasteiger partial charge >= 0.3 is 6.09 Å². The summed E-state index contributed by atoms with van der Waals surface area (Å²) in [7, 11) is -3.33. The Morgan fingerprint density at radius 3 is 2.72 bits per heavy atom. The van der Waals surface area contributed by atoms with Crippen molar-refractivity contribution in [3.05, 3.63) is 63.3 Å². The average molecular weight is 693 g/mol. The third-order valence-corrected chi connectivity index (χ3v) is 9.03. The maximum absolute atomic E-state index is 13.7. The second-order valence-corrected chi connectivity index (χ2v) is 15.4. The van der Waals surface area contributed by atoms with Crippen LogP contribution in [0.4, 0.5) is 10.6 Å². The predicted octanol–water partition coefficient (Wildman–Crippen LogP) is 4.77. The van der Waals surface area contributed by atoms with Crippen LogP contribution in [0.1, 0.15) is 62.3 Å². The van der Waals surface area contributed by atoms with E-state index in [1.807, 2.05) is 0 Å². The van der Waals surface area contributed by atoms with E-state index in [4.69, 9.17) is 27.9 Å². The molecule has 2 aromatic carbocycles. The first kappa shape index (κ1) is 33.5. The Morgan fingerprint density at radius 2 is 2.00 bits per heavy atom. The van der Waals surface area contributed by atoms with Crippen LogP contribution in [-0.2, 0) is 14.6 Å². The summed E-state index contributed by atoms with van der Waals surface area (Å²) in [4.78, 5) is 39.6. The molecule has 0 bridgehead atoms. The fourth-order valence-corrected chi connectivity index (χ4v) is 6.45. The highest BCUT2D eigenvalue weighted by Crippen LogP contribution is 2.32. The van der Waals surface area contributed by atoms with E-state index in [1.165, 1.54) is 12.1 Å². The Balaban J connectivity index is 1.43.